The summed E-state index contributed by atoms with van der Waals surface area (Å²) in [5, 5.41) is 3.04. The van der Waals surface area contributed by atoms with E-state index in [0.717, 1.165) is 60.5 Å². The Kier molecular flexibility index (Phi) is 5.55. The largest absolute Gasteiger partial charge is 0.497 e. The maximum absolute atomic E-state index is 11.4. The highest BCUT2D eigenvalue weighted by molar-refractivity contribution is 7.13. The van der Waals surface area contributed by atoms with Gasteiger partial charge >= 0.3 is 0 Å². The Morgan fingerprint density at radius 2 is 1.96 bits per heavy atom. The second-order valence-corrected chi connectivity index (χ2v) is 6.85. The van der Waals surface area contributed by atoms with Crippen LogP contribution in [-0.2, 0) is 11.3 Å². The topological polar surface area (TPSA) is 54.9 Å². The highest BCUT2D eigenvalue weighted by Gasteiger charge is 2.20. The van der Waals surface area contributed by atoms with E-state index in [1.807, 2.05) is 23.1 Å². The molecule has 0 bridgehead atoms. The number of hydrogen-bond acceptors (Lipinski definition) is 6. The number of thiazole rings is 1. The number of amides is 1. The number of piperazine rings is 1. The summed E-state index contributed by atoms with van der Waals surface area (Å²) in [7, 11) is 3.29. The number of ether oxygens (including phenoxy) is 2. The smallest absolute Gasteiger partial charge is 0.219 e. The molecule has 0 atom stereocenters. The Morgan fingerprint density at radius 3 is 2.60 bits per heavy atom. The van der Waals surface area contributed by atoms with Crippen LogP contribution in [0.5, 0.6) is 11.5 Å². The Hall–Kier alpha value is -2.12. The van der Waals surface area contributed by atoms with Gasteiger partial charge in [0.25, 0.3) is 0 Å². The van der Waals surface area contributed by atoms with E-state index in [1.165, 1.54) is 0 Å². The lowest BCUT2D eigenvalue weighted by molar-refractivity contribution is -0.130. The van der Waals surface area contributed by atoms with Gasteiger partial charge in [-0.15, -0.1) is 11.3 Å². The second kappa shape index (κ2) is 7.84. The summed E-state index contributed by atoms with van der Waals surface area (Å²) < 4.78 is 10.7. The quantitative estimate of drug-likeness (QED) is 0.819. The van der Waals surface area contributed by atoms with Crippen LogP contribution >= 0.6 is 11.3 Å². The van der Waals surface area contributed by atoms with Crippen molar-refractivity contribution < 1.29 is 14.3 Å². The van der Waals surface area contributed by atoms with E-state index in [2.05, 4.69) is 10.3 Å². The fourth-order valence-corrected chi connectivity index (χ4v) is 3.77. The zero-order chi connectivity index (χ0) is 17.8. The highest BCUT2D eigenvalue weighted by Crippen LogP contribution is 2.35. The first kappa shape index (κ1) is 17.7. The number of methoxy groups -OCH3 is 2. The summed E-state index contributed by atoms with van der Waals surface area (Å²) in [6.45, 7) is 5.79. The van der Waals surface area contributed by atoms with Gasteiger partial charge in [-0.05, 0) is 12.1 Å². The molecular weight excluding hydrogens is 338 g/mol. The van der Waals surface area contributed by atoms with E-state index in [1.54, 1.807) is 32.5 Å². The first-order valence-corrected chi connectivity index (χ1v) is 9.13. The van der Waals surface area contributed by atoms with Crippen molar-refractivity contribution in [3.05, 3.63) is 29.3 Å². The molecule has 0 aliphatic carbocycles. The molecule has 7 heteroatoms. The molecule has 3 rings (SSSR count). The molecule has 0 N–H and O–H groups in total. The minimum atomic E-state index is 0.155. The van der Waals surface area contributed by atoms with E-state index in [9.17, 15) is 4.79 Å². The fraction of sp³-hybridized carbons (Fsp3) is 0.444. The maximum atomic E-state index is 11.4. The standard InChI is InChI=1S/C18H23N3O3S/c1-13(22)21-8-6-20(7-9-21)11-14-12-25-18(19-14)16-5-4-15(23-2)10-17(16)24-3/h4-5,10,12H,6-9,11H2,1-3H3. The zero-order valence-electron chi connectivity index (χ0n) is 14.8. The monoisotopic (exact) mass is 361 g/mol. The lowest BCUT2D eigenvalue weighted by Crippen LogP contribution is -2.47. The molecule has 1 aromatic heterocycles. The molecule has 25 heavy (non-hydrogen) atoms. The van der Waals surface area contributed by atoms with Crippen molar-refractivity contribution in [1.29, 1.82) is 0 Å². The number of benzene rings is 1. The van der Waals surface area contributed by atoms with Gasteiger partial charge in [0, 0.05) is 51.1 Å². The van der Waals surface area contributed by atoms with Gasteiger partial charge < -0.3 is 14.4 Å². The molecule has 1 fully saturated rings. The molecule has 6 nitrogen and oxygen atoms in total. The highest BCUT2D eigenvalue weighted by atomic mass is 32.1. The molecule has 0 spiro atoms. The number of aromatic nitrogens is 1. The van der Waals surface area contributed by atoms with Gasteiger partial charge in [-0.1, -0.05) is 0 Å². The molecule has 1 aliphatic rings. The molecule has 0 saturated carbocycles. The van der Waals surface area contributed by atoms with Crippen molar-refractivity contribution in [1.82, 2.24) is 14.8 Å². The summed E-state index contributed by atoms with van der Waals surface area (Å²) in [5.74, 6) is 1.68. The first-order chi connectivity index (χ1) is 12.1. The maximum Gasteiger partial charge on any atom is 0.219 e. The van der Waals surface area contributed by atoms with Crippen LogP contribution in [0.2, 0.25) is 0 Å². The predicted molar refractivity (Wildman–Crippen MR) is 98.2 cm³/mol. The third-order valence-electron chi connectivity index (χ3n) is 4.39. The lowest BCUT2D eigenvalue weighted by atomic mass is 10.2. The average Bonchev–Trinajstić information content (AvgIpc) is 3.09. The van der Waals surface area contributed by atoms with Crippen LogP contribution in [0.25, 0.3) is 10.6 Å². The van der Waals surface area contributed by atoms with Gasteiger partial charge in [0.2, 0.25) is 5.91 Å². The molecule has 2 heterocycles. The van der Waals surface area contributed by atoms with Gasteiger partial charge in [0.05, 0.1) is 25.5 Å². The lowest BCUT2D eigenvalue weighted by Gasteiger charge is -2.33. The molecule has 0 radical (unpaired) electrons. The number of carbonyl (C=O) groups excluding carboxylic acids is 1. The SMILES string of the molecule is COc1ccc(-c2nc(CN3CCN(C(C)=O)CC3)cs2)c(OC)c1. The van der Waals surface area contributed by atoms with E-state index in [4.69, 9.17) is 14.5 Å². The summed E-state index contributed by atoms with van der Waals surface area (Å²) in [5.41, 5.74) is 2.02. The Labute approximate surface area is 152 Å². The molecule has 1 aliphatic heterocycles. The Morgan fingerprint density at radius 1 is 1.20 bits per heavy atom. The molecule has 2 aromatic rings. The van der Waals surface area contributed by atoms with Crippen molar-refractivity contribution in [2.45, 2.75) is 13.5 Å². The van der Waals surface area contributed by atoms with Crippen LogP contribution in [0.4, 0.5) is 0 Å². The van der Waals surface area contributed by atoms with Crippen molar-refractivity contribution in [3.63, 3.8) is 0 Å². The average molecular weight is 361 g/mol. The van der Waals surface area contributed by atoms with E-state index < -0.39 is 0 Å². The van der Waals surface area contributed by atoms with Crippen LogP contribution in [0.15, 0.2) is 23.6 Å². The number of rotatable bonds is 5. The fourth-order valence-electron chi connectivity index (χ4n) is 2.93. The third-order valence-corrected chi connectivity index (χ3v) is 5.32. The van der Waals surface area contributed by atoms with Gasteiger partial charge in [-0.3, -0.25) is 9.69 Å². The Balaban J connectivity index is 1.68. The van der Waals surface area contributed by atoms with Crippen LogP contribution in [0.3, 0.4) is 0 Å². The summed E-state index contributed by atoms with van der Waals surface area (Å²) in [6.07, 6.45) is 0. The van der Waals surface area contributed by atoms with E-state index in [-0.39, 0.29) is 5.91 Å². The van der Waals surface area contributed by atoms with Crippen LogP contribution in [0.1, 0.15) is 12.6 Å². The molecule has 134 valence electrons. The zero-order valence-corrected chi connectivity index (χ0v) is 15.6. The molecule has 0 unspecified atom stereocenters. The van der Waals surface area contributed by atoms with Crippen molar-refractivity contribution >= 4 is 17.2 Å². The van der Waals surface area contributed by atoms with Gasteiger partial charge in [-0.25, -0.2) is 4.98 Å². The van der Waals surface area contributed by atoms with Crippen molar-refractivity contribution in [2.24, 2.45) is 0 Å². The van der Waals surface area contributed by atoms with Gasteiger partial charge in [0.1, 0.15) is 16.5 Å². The molecule has 1 aromatic carbocycles. The Bertz CT molecular complexity index is 739. The third kappa shape index (κ3) is 4.11. The number of nitrogens with zero attached hydrogens (tertiary/aromatic N) is 3. The van der Waals surface area contributed by atoms with Crippen molar-refractivity contribution in [3.8, 4) is 22.1 Å². The van der Waals surface area contributed by atoms with Crippen LogP contribution in [-0.4, -0.2) is 61.1 Å². The van der Waals surface area contributed by atoms with E-state index >= 15 is 0 Å². The van der Waals surface area contributed by atoms with Crippen molar-refractivity contribution in [2.75, 3.05) is 40.4 Å². The van der Waals surface area contributed by atoms with Crippen LogP contribution in [0, 0.1) is 0 Å². The molecular formula is C18H23N3O3S. The first-order valence-electron chi connectivity index (χ1n) is 8.25. The molecule has 1 amide bonds. The summed E-state index contributed by atoms with van der Waals surface area (Å²) >= 11 is 1.62. The number of carbonyl (C=O) groups is 1. The number of hydrogen-bond donors (Lipinski definition) is 0. The second-order valence-electron chi connectivity index (χ2n) is 5.99. The summed E-state index contributed by atoms with van der Waals surface area (Å²) in [6, 6.07) is 5.77. The predicted octanol–water partition coefficient (Wildman–Crippen LogP) is 2.49. The molecule has 1 saturated heterocycles. The minimum Gasteiger partial charge on any atom is -0.497 e. The normalized spacial score (nSPS) is 15.2. The van der Waals surface area contributed by atoms with E-state index in [0.29, 0.717) is 0 Å². The van der Waals surface area contributed by atoms with Gasteiger partial charge in [0.15, 0.2) is 0 Å². The minimum absolute atomic E-state index is 0.155. The van der Waals surface area contributed by atoms with Gasteiger partial charge in [-0.2, -0.15) is 0 Å². The van der Waals surface area contributed by atoms with Crippen LogP contribution < -0.4 is 9.47 Å². The summed E-state index contributed by atoms with van der Waals surface area (Å²) in [4.78, 5) is 20.4.